The van der Waals surface area contributed by atoms with Gasteiger partial charge >= 0.3 is 0 Å². The Morgan fingerprint density at radius 3 is 2.46 bits per heavy atom. The van der Waals surface area contributed by atoms with Gasteiger partial charge in [0.25, 0.3) is 0 Å². The van der Waals surface area contributed by atoms with Crippen LogP contribution in [0.5, 0.6) is 0 Å². The van der Waals surface area contributed by atoms with Crippen LogP contribution in [0.2, 0.25) is 0 Å². The molecule has 2 aliphatic rings. The van der Waals surface area contributed by atoms with Crippen molar-refractivity contribution in [3.63, 3.8) is 0 Å². The van der Waals surface area contributed by atoms with Gasteiger partial charge in [-0.1, -0.05) is 0 Å². The molecule has 142 valence electrons. The summed E-state index contributed by atoms with van der Waals surface area (Å²) in [5.74, 6) is -0.429. The molecule has 1 unspecified atom stereocenters. The lowest BCUT2D eigenvalue weighted by atomic mass is 10.1. The molecule has 3 rings (SSSR count). The third-order valence-corrected chi connectivity index (χ3v) is 5.11. The lowest BCUT2D eigenvalue weighted by Crippen LogP contribution is -2.47. The molecule has 2 fully saturated rings. The molecule has 0 aliphatic carbocycles. The van der Waals surface area contributed by atoms with Gasteiger partial charge in [-0.15, -0.1) is 0 Å². The molecule has 1 aromatic carbocycles. The predicted molar refractivity (Wildman–Crippen MR) is 103 cm³/mol. The number of rotatable bonds is 7. The third kappa shape index (κ3) is 4.95. The van der Waals surface area contributed by atoms with Crippen LogP contribution in [0.3, 0.4) is 0 Å². The molecular weight excluding hydrogens is 330 g/mol. The molecule has 0 bridgehead atoms. The molecule has 7 heteroatoms. The van der Waals surface area contributed by atoms with Crippen molar-refractivity contribution >= 4 is 23.2 Å². The first-order valence-electron chi connectivity index (χ1n) is 9.53. The van der Waals surface area contributed by atoms with Gasteiger partial charge in [0, 0.05) is 44.0 Å². The van der Waals surface area contributed by atoms with Crippen LogP contribution in [-0.4, -0.2) is 62.0 Å². The van der Waals surface area contributed by atoms with E-state index in [0.717, 1.165) is 51.4 Å². The number of piperazine rings is 1. The normalized spacial score (nSPS) is 21.6. The van der Waals surface area contributed by atoms with Crippen molar-refractivity contribution in [2.45, 2.75) is 31.7 Å². The highest BCUT2D eigenvalue weighted by molar-refractivity contribution is 6.01. The van der Waals surface area contributed by atoms with Gasteiger partial charge in [0.05, 0.1) is 0 Å². The average Bonchev–Trinajstić information content (AvgIpc) is 2.65. The van der Waals surface area contributed by atoms with Crippen molar-refractivity contribution in [3.05, 3.63) is 24.3 Å². The summed E-state index contributed by atoms with van der Waals surface area (Å²) in [6.45, 7) is 6.14. The zero-order valence-corrected chi connectivity index (χ0v) is 15.2. The highest BCUT2D eigenvalue weighted by Crippen LogP contribution is 2.21. The monoisotopic (exact) mass is 359 g/mol. The van der Waals surface area contributed by atoms with Gasteiger partial charge in [-0.3, -0.25) is 19.8 Å². The van der Waals surface area contributed by atoms with Crippen LogP contribution in [0.15, 0.2) is 24.3 Å². The second-order valence-corrected chi connectivity index (χ2v) is 7.02. The second-order valence-electron chi connectivity index (χ2n) is 7.02. The molecule has 26 heavy (non-hydrogen) atoms. The van der Waals surface area contributed by atoms with E-state index in [-0.39, 0.29) is 17.9 Å². The van der Waals surface area contributed by atoms with Gasteiger partial charge in [0.2, 0.25) is 11.8 Å². The van der Waals surface area contributed by atoms with Crippen LogP contribution >= 0.6 is 0 Å². The Morgan fingerprint density at radius 2 is 1.81 bits per heavy atom. The average molecular weight is 359 g/mol. The highest BCUT2D eigenvalue weighted by Gasteiger charge is 2.26. The summed E-state index contributed by atoms with van der Waals surface area (Å²) in [6, 6.07) is 7.87. The van der Waals surface area contributed by atoms with Crippen LogP contribution in [0.4, 0.5) is 11.4 Å². The quantitative estimate of drug-likeness (QED) is 0.492. The molecule has 7 nitrogen and oxygen atoms in total. The summed E-state index contributed by atoms with van der Waals surface area (Å²) in [6.07, 6.45) is 3.20. The zero-order chi connectivity index (χ0) is 18.4. The van der Waals surface area contributed by atoms with E-state index < -0.39 is 0 Å². The number of nitrogens with one attached hydrogen (secondary N) is 2. The maximum Gasteiger partial charge on any atom is 0.249 e. The van der Waals surface area contributed by atoms with Crippen molar-refractivity contribution in [2.75, 3.05) is 49.5 Å². The van der Waals surface area contributed by atoms with Crippen LogP contribution in [-0.2, 0) is 9.59 Å². The Hall–Kier alpha value is -2.12. The number of imide groups is 1. The number of carbonyl (C=O) groups excluding carboxylic acids is 2. The van der Waals surface area contributed by atoms with Gasteiger partial charge < -0.3 is 16.0 Å². The standard InChI is InChI=1S/C19H29N5O2/c20-9-1-2-10-23-11-13-24(14-12-23)16-5-3-15(4-6-16)21-17-7-8-18(25)22-19(17)26/h3-6,17,21H,1-2,7-14,20H2,(H,22,25,26). The van der Waals surface area contributed by atoms with Crippen LogP contribution in [0, 0.1) is 0 Å². The molecule has 2 heterocycles. The smallest absolute Gasteiger partial charge is 0.249 e. The summed E-state index contributed by atoms with van der Waals surface area (Å²) < 4.78 is 0. The molecule has 0 radical (unpaired) electrons. The zero-order valence-electron chi connectivity index (χ0n) is 15.2. The molecule has 0 spiro atoms. The fourth-order valence-corrected chi connectivity index (χ4v) is 3.51. The largest absolute Gasteiger partial charge is 0.374 e. The first kappa shape index (κ1) is 18.7. The summed E-state index contributed by atoms with van der Waals surface area (Å²) in [5, 5.41) is 5.59. The van der Waals surface area contributed by atoms with E-state index in [1.165, 1.54) is 12.1 Å². The van der Waals surface area contributed by atoms with Crippen molar-refractivity contribution < 1.29 is 9.59 Å². The Kier molecular flexibility index (Phi) is 6.46. The topological polar surface area (TPSA) is 90.7 Å². The van der Waals surface area contributed by atoms with Crippen LogP contribution < -0.4 is 21.3 Å². The number of nitrogens with zero attached hydrogens (tertiary/aromatic N) is 2. The van der Waals surface area contributed by atoms with E-state index in [1.54, 1.807) is 0 Å². The number of nitrogens with two attached hydrogens (primary N) is 1. The molecule has 1 atom stereocenters. The number of hydrogen-bond acceptors (Lipinski definition) is 6. The Bertz CT molecular complexity index is 611. The predicted octanol–water partition coefficient (Wildman–Crippen LogP) is 0.765. The molecule has 1 aromatic rings. The SMILES string of the molecule is NCCCCN1CCN(c2ccc(NC3CCC(=O)NC3=O)cc2)CC1. The van der Waals surface area contributed by atoms with Crippen molar-refractivity contribution in [1.82, 2.24) is 10.2 Å². The number of piperidine rings is 1. The van der Waals surface area contributed by atoms with Gasteiger partial charge in [0.1, 0.15) is 6.04 Å². The summed E-state index contributed by atoms with van der Waals surface area (Å²) in [4.78, 5) is 28.0. The van der Waals surface area contributed by atoms with Crippen molar-refractivity contribution in [2.24, 2.45) is 5.73 Å². The highest BCUT2D eigenvalue weighted by atomic mass is 16.2. The van der Waals surface area contributed by atoms with E-state index in [4.69, 9.17) is 5.73 Å². The lowest BCUT2D eigenvalue weighted by molar-refractivity contribution is -0.133. The van der Waals surface area contributed by atoms with E-state index >= 15 is 0 Å². The number of carbonyl (C=O) groups is 2. The number of unbranched alkanes of at least 4 members (excludes halogenated alkanes) is 1. The Labute approximate surface area is 154 Å². The minimum Gasteiger partial charge on any atom is -0.374 e. The minimum absolute atomic E-state index is 0.189. The first-order valence-corrected chi connectivity index (χ1v) is 9.53. The first-order chi connectivity index (χ1) is 12.7. The molecule has 2 saturated heterocycles. The fourth-order valence-electron chi connectivity index (χ4n) is 3.51. The summed E-state index contributed by atoms with van der Waals surface area (Å²) in [7, 11) is 0. The van der Waals surface area contributed by atoms with Gasteiger partial charge in [0.15, 0.2) is 0 Å². The molecule has 2 aliphatic heterocycles. The maximum atomic E-state index is 11.8. The minimum atomic E-state index is -0.337. The number of anilines is 2. The van der Waals surface area contributed by atoms with Gasteiger partial charge in [-0.25, -0.2) is 0 Å². The van der Waals surface area contributed by atoms with Gasteiger partial charge in [-0.05, 0) is 56.6 Å². The Balaban J connectivity index is 1.47. The Morgan fingerprint density at radius 1 is 1.08 bits per heavy atom. The molecule has 0 saturated carbocycles. The number of benzene rings is 1. The van der Waals surface area contributed by atoms with E-state index in [2.05, 4.69) is 32.6 Å². The van der Waals surface area contributed by atoms with E-state index in [1.807, 2.05) is 12.1 Å². The molecular formula is C19H29N5O2. The van der Waals surface area contributed by atoms with Crippen molar-refractivity contribution in [3.8, 4) is 0 Å². The third-order valence-electron chi connectivity index (χ3n) is 5.11. The lowest BCUT2D eigenvalue weighted by Gasteiger charge is -2.36. The van der Waals surface area contributed by atoms with E-state index in [9.17, 15) is 9.59 Å². The van der Waals surface area contributed by atoms with Crippen LogP contribution in [0.25, 0.3) is 0 Å². The fraction of sp³-hybridized carbons (Fsp3) is 0.579. The number of hydrogen-bond donors (Lipinski definition) is 3. The maximum absolute atomic E-state index is 11.8. The summed E-state index contributed by atoms with van der Waals surface area (Å²) >= 11 is 0. The van der Waals surface area contributed by atoms with Crippen molar-refractivity contribution in [1.29, 1.82) is 0 Å². The van der Waals surface area contributed by atoms with Crippen LogP contribution in [0.1, 0.15) is 25.7 Å². The molecule has 2 amide bonds. The summed E-state index contributed by atoms with van der Waals surface area (Å²) in [5.41, 5.74) is 7.67. The second kappa shape index (κ2) is 9.00. The molecule has 0 aromatic heterocycles. The number of amides is 2. The van der Waals surface area contributed by atoms with Gasteiger partial charge in [-0.2, -0.15) is 0 Å². The van der Waals surface area contributed by atoms with E-state index in [0.29, 0.717) is 12.8 Å². The molecule has 4 N–H and O–H groups in total.